The predicted molar refractivity (Wildman–Crippen MR) is 76.3 cm³/mol. The summed E-state index contributed by atoms with van der Waals surface area (Å²) in [5, 5.41) is 1.94. The predicted octanol–water partition coefficient (Wildman–Crippen LogP) is 1.37. The van der Waals surface area contributed by atoms with Gasteiger partial charge in [0.2, 0.25) is 10.0 Å². The summed E-state index contributed by atoms with van der Waals surface area (Å²) in [6, 6.07) is 5.46. The zero-order chi connectivity index (χ0) is 14.0. The molecule has 0 aliphatic heterocycles. The standard InChI is InChI=1S/C12H17N3O2S2/c1-14-9-12(6-10(14)7-13)19(16,17)15(2)8-11-4-3-5-18-11/h3-6,9H,7-8,13H2,1-2H3. The highest BCUT2D eigenvalue weighted by atomic mass is 32.2. The minimum absolute atomic E-state index is 0.287. The van der Waals surface area contributed by atoms with Gasteiger partial charge in [-0.15, -0.1) is 11.3 Å². The first kappa shape index (κ1) is 14.3. The molecule has 104 valence electrons. The lowest BCUT2D eigenvalue weighted by atomic mass is 10.4. The molecule has 0 aromatic carbocycles. The van der Waals surface area contributed by atoms with E-state index in [2.05, 4.69) is 0 Å². The maximum atomic E-state index is 12.4. The van der Waals surface area contributed by atoms with Gasteiger partial charge in [0.05, 0.1) is 0 Å². The van der Waals surface area contributed by atoms with Gasteiger partial charge in [0, 0.05) is 44.0 Å². The summed E-state index contributed by atoms with van der Waals surface area (Å²) in [4.78, 5) is 1.30. The van der Waals surface area contributed by atoms with E-state index < -0.39 is 10.0 Å². The molecule has 2 heterocycles. The Bertz CT molecular complexity index is 645. The van der Waals surface area contributed by atoms with E-state index in [0.717, 1.165) is 10.6 Å². The second-order valence-corrected chi connectivity index (χ2v) is 7.40. The van der Waals surface area contributed by atoms with Gasteiger partial charge in [-0.2, -0.15) is 4.31 Å². The summed E-state index contributed by atoms with van der Waals surface area (Å²) < 4.78 is 27.9. The lowest BCUT2D eigenvalue weighted by Gasteiger charge is -2.15. The average Bonchev–Trinajstić information content (AvgIpc) is 2.98. The molecular formula is C12H17N3O2S2. The van der Waals surface area contributed by atoms with E-state index in [9.17, 15) is 8.42 Å². The molecule has 0 saturated heterocycles. The van der Waals surface area contributed by atoms with E-state index in [0.29, 0.717) is 13.1 Å². The Morgan fingerprint density at radius 2 is 2.21 bits per heavy atom. The highest BCUT2D eigenvalue weighted by Gasteiger charge is 2.23. The Morgan fingerprint density at radius 1 is 1.47 bits per heavy atom. The third-order valence-electron chi connectivity index (χ3n) is 2.96. The van der Waals surface area contributed by atoms with Crippen LogP contribution >= 0.6 is 11.3 Å². The van der Waals surface area contributed by atoms with Gasteiger partial charge in [-0.3, -0.25) is 0 Å². The van der Waals surface area contributed by atoms with Gasteiger partial charge in [-0.05, 0) is 17.5 Å². The average molecular weight is 299 g/mol. The number of rotatable bonds is 5. The van der Waals surface area contributed by atoms with E-state index in [1.807, 2.05) is 17.5 Å². The van der Waals surface area contributed by atoms with E-state index in [1.165, 1.54) is 4.31 Å². The minimum atomic E-state index is -3.46. The highest BCUT2D eigenvalue weighted by Crippen LogP contribution is 2.20. The third-order valence-corrected chi connectivity index (χ3v) is 5.59. The quantitative estimate of drug-likeness (QED) is 0.906. The summed E-state index contributed by atoms with van der Waals surface area (Å²) in [6.45, 7) is 0.702. The SMILES string of the molecule is CN(Cc1cccs1)S(=O)(=O)c1cc(CN)n(C)c1. The van der Waals surface area contributed by atoms with Crippen molar-refractivity contribution >= 4 is 21.4 Å². The van der Waals surface area contributed by atoms with Crippen molar-refractivity contribution in [2.45, 2.75) is 18.0 Å². The molecule has 0 atom stereocenters. The summed E-state index contributed by atoms with van der Waals surface area (Å²) in [5.74, 6) is 0. The van der Waals surface area contributed by atoms with Crippen LogP contribution in [0.3, 0.4) is 0 Å². The Hall–Kier alpha value is -1.15. The number of nitrogens with zero attached hydrogens (tertiary/aromatic N) is 2. The summed E-state index contributed by atoms with van der Waals surface area (Å²) >= 11 is 1.54. The number of hydrogen-bond acceptors (Lipinski definition) is 4. The van der Waals surface area contributed by atoms with Crippen molar-refractivity contribution in [1.29, 1.82) is 0 Å². The molecule has 0 fully saturated rings. The van der Waals surface area contributed by atoms with E-state index in [4.69, 9.17) is 5.73 Å². The van der Waals surface area contributed by atoms with Crippen LogP contribution in [0.5, 0.6) is 0 Å². The molecule has 7 heteroatoms. The molecule has 0 bridgehead atoms. The number of nitrogens with two attached hydrogens (primary N) is 1. The molecular weight excluding hydrogens is 282 g/mol. The van der Waals surface area contributed by atoms with Crippen molar-refractivity contribution in [2.24, 2.45) is 12.8 Å². The molecule has 0 unspecified atom stereocenters. The molecule has 19 heavy (non-hydrogen) atoms. The van der Waals surface area contributed by atoms with Crippen LogP contribution in [-0.4, -0.2) is 24.3 Å². The third kappa shape index (κ3) is 2.89. The van der Waals surface area contributed by atoms with Gasteiger partial charge in [0.25, 0.3) is 0 Å². The number of sulfonamides is 1. The van der Waals surface area contributed by atoms with Crippen LogP contribution in [0.1, 0.15) is 10.6 Å². The fraction of sp³-hybridized carbons (Fsp3) is 0.333. The topological polar surface area (TPSA) is 68.3 Å². The summed E-state index contributed by atoms with van der Waals surface area (Å²) in [5.41, 5.74) is 6.36. The molecule has 2 rings (SSSR count). The van der Waals surface area contributed by atoms with Crippen LogP contribution in [-0.2, 0) is 30.2 Å². The van der Waals surface area contributed by atoms with Crippen molar-refractivity contribution < 1.29 is 8.42 Å². The van der Waals surface area contributed by atoms with Crippen LogP contribution in [0.2, 0.25) is 0 Å². The van der Waals surface area contributed by atoms with Crippen molar-refractivity contribution in [1.82, 2.24) is 8.87 Å². The first-order valence-corrected chi connectivity index (χ1v) is 8.11. The lowest BCUT2D eigenvalue weighted by molar-refractivity contribution is 0.469. The zero-order valence-corrected chi connectivity index (χ0v) is 12.5. The molecule has 0 aliphatic carbocycles. The fourth-order valence-corrected chi connectivity index (χ4v) is 3.89. The van der Waals surface area contributed by atoms with Crippen LogP contribution in [0.15, 0.2) is 34.7 Å². The van der Waals surface area contributed by atoms with Gasteiger partial charge < -0.3 is 10.3 Å². The molecule has 0 spiro atoms. The Balaban J connectivity index is 2.25. The van der Waals surface area contributed by atoms with Gasteiger partial charge >= 0.3 is 0 Å². The van der Waals surface area contributed by atoms with Gasteiger partial charge in [-0.1, -0.05) is 6.07 Å². The first-order valence-electron chi connectivity index (χ1n) is 5.79. The minimum Gasteiger partial charge on any atom is -0.352 e. The lowest BCUT2D eigenvalue weighted by Crippen LogP contribution is -2.25. The zero-order valence-electron chi connectivity index (χ0n) is 10.9. The Labute approximate surface area is 117 Å². The molecule has 2 aromatic rings. The molecule has 2 aromatic heterocycles. The van der Waals surface area contributed by atoms with Gasteiger partial charge in [0.1, 0.15) is 4.90 Å². The Kier molecular flexibility index (Phi) is 4.10. The second kappa shape index (κ2) is 5.46. The molecule has 0 radical (unpaired) electrons. The monoisotopic (exact) mass is 299 g/mol. The number of thiophene rings is 1. The molecule has 2 N–H and O–H groups in total. The second-order valence-electron chi connectivity index (χ2n) is 4.32. The fourth-order valence-electron chi connectivity index (χ4n) is 1.81. The number of aryl methyl sites for hydroxylation is 1. The van der Waals surface area contributed by atoms with Gasteiger partial charge in [-0.25, -0.2) is 8.42 Å². The number of hydrogen-bond donors (Lipinski definition) is 1. The largest absolute Gasteiger partial charge is 0.352 e. The summed E-state index contributed by atoms with van der Waals surface area (Å²) in [6.07, 6.45) is 1.60. The van der Waals surface area contributed by atoms with Crippen LogP contribution in [0, 0.1) is 0 Å². The van der Waals surface area contributed by atoms with Crippen LogP contribution in [0.4, 0.5) is 0 Å². The smallest absolute Gasteiger partial charge is 0.244 e. The molecule has 0 saturated carbocycles. The van der Waals surface area contributed by atoms with Crippen molar-refractivity contribution in [3.05, 3.63) is 40.3 Å². The van der Waals surface area contributed by atoms with Gasteiger partial charge in [0.15, 0.2) is 0 Å². The van der Waals surface area contributed by atoms with E-state index >= 15 is 0 Å². The van der Waals surface area contributed by atoms with Crippen molar-refractivity contribution in [2.75, 3.05) is 7.05 Å². The van der Waals surface area contributed by atoms with Crippen molar-refractivity contribution in [3.8, 4) is 0 Å². The van der Waals surface area contributed by atoms with Crippen molar-refractivity contribution in [3.63, 3.8) is 0 Å². The maximum absolute atomic E-state index is 12.4. The molecule has 0 aliphatic rings. The molecule has 5 nitrogen and oxygen atoms in total. The van der Waals surface area contributed by atoms with E-state index in [1.54, 1.807) is 42.3 Å². The Morgan fingerprint density at radius 3 is 2.74 bits per heavy atom. The molecule has 0 amide bonds. The van der Waals surface area contributed by atoms with Crippen LogP contribution in [0.25, 0.3) is 0 Å². The first-order chi connectivity index (χ1) is 8.95. The van der Waals surface area contributed by atoms with Crippen LogP contribution < -0.4 is 5.73 Å². The van der Waals surface area contributed by atoms with E-state index in [-0.39, 0.29) is 4.90 Å². The highest BCUT2D eigenvalue weighted by molar-refractivity contribution is 7.89. The normalized spacial score (nSPS) is 12.2. The maximum Gasteiger partial charge on any atom is 0.244 e. The summed E-state index contributed by atoms with van der Waals surface area (Å²) in [7, 11) is -0.0836. The number of aromatic nitrogens is 1.